The van der Waals surface area contributed by atoms with E-state index in [-0.39, 0.29) is 11.7 Å². The normalized spacial score (nSPS) is 11.5. The Balaban J connectivity index is 2.10. The summed E-state index contributed by atoms with van der Waals surface area (Å²) in [5.74, 6) is -0.498. The number of carbonyl (C=O) groups is 1. The number of anilines is 1. The maximum atomic E-state index is 13.5. The molecule has 1 N–H and O–H groups in total. The Labute approximate surface area is 191 Å². The van der Waals surface area contributed by atoms with E-state index in [1.807, 2.05) is 31.2 Å². The van der Waals surface area contributed by atoms with Crippen LogP contribution in [0.1, 0.15) is 15.9 Å². The Bertz CT molecular complexity index is 1470. The predicted molar refractivity (Wildman–Crippen MR) is 128 cm³/mol. The number of carbonyl (C=O) groups excluding carboxylic acids is 1. The van der Waals surface area contributed by atoms with Crippen molar-refractivity contribution in [2.24, 2.45) is 0 Å². The average molecular weight is 467 g/mol. The van der Waals surface area contributed by atoms with Crippen LogP contribution in [0.4, 0.5) is 10.1 Å². The number of rotatable bonds is 5. The van der Waals surface area contributed by atoms with Crippen LogP contribution in [-0.2, 0) is 10.0 Å². The summed E-state index contributed by atoms with van der Waals surface area (Å²) in [5, 5.41) is 3.16. The summed E-state index contributed by atoms with van der Waals surface area (Å²) in [6.45, 7) is 1.93. The number of hydrogen-bond donors (Lipinski definition) is 1. The van der Waals surface area contributed by atoms with Gasteiger partial charge >= 0.3 is 0 Å². The number of nitrogens with zero attached hydrogens (tertiary/aromatic N) is 1. The van der Waals surface area contributed by atoms with Crippen molar-refractivity contribution in [2.75, 3.05) is 24.7 Å². The first-order valence-electron chi connectivity index (χ1n) is 10.2. The number of halogens is 1. The van der Waals surface area contributed by atoms with Crippen LogP contribution >= 0.6 is 0 Å². The van der Waals surface area contributed by atoms with Gasteiger partial charge < -0.3 is 9.73 Å². The third-order valence-electron chi connectivity index (χ3n) is 5.64. The number of aryl methyl sites for hydroxylation is 1. The molecule has 4 aromatic rings. The van der Waals surface area contributed by atoms with E-state index in [0.29, 0.717) is 33.3 Å². The number of hydrogen-bond acceptors (Lipinski definition) is 4. The highest BCUT2D eigenvalue weighted by atomic mass is 32.2. The fourth-order valence-electron chi connectivity index (χ4n) is 3.82. The molecule has 6 nitrogen and oxygen atoms in total. The van der Waals surface area contributed by atoms with E-state index >= 15 is 0 Å². The summed E-state index contributed by atoms with van der Waals surface area (Å²) in [5.41, 5.74) is 4.01. The van der Waals surface area contributed by atoms with E-state index in [9.17, 15) is 17.6 Å². The van der Waals surface area contributed by atoms with Gasteiger partial charge in [-0.05, 0) is 48.4 Å². The largest absolute Gasteiger partial charge is 0.455 e. The quantitative estimate of drug-likeness (QED) is 0.450. The molecule has 0 bridgehead atoms. The molecule has 3 aromatic carbocycles. The topological polar surface area (TPSA) is 79.6 Å². The lowest BCUT2D eigenvalue weighted by Gasteiger charge is -2.21. The molecule has 1 aromatic heterocycles. The van der Waals surface area contributed by atoms with Gasteiger partial charge in [0.15, 0.2) is 0 Å². The fourth-order valence-corrected chi connectivity index (χ4v) is 4.33. The fraction of sp³-hybridized carbons (Fsp3) is 0.160. The zero-order chi connectivity index (χ0) is 23.9. The molecule has 0 radical (unpaired) electrons. The summed E-state index contributed by atoms with van der Waals surface area (Å²) in [6.07, 6.45) is 1.13. The second-order valence-electron chi connectivity index (χ2n) is 7.80. The molecule has 0 aliphatic rings. The maximum absolute atomic E-state index is 13.5. The second-order valence-corrected chi connectivity index (χ2v) is 9.82. The Hall–Kier alpha value is -3.65. The summed E-state index contributed by atoms with van der Waals surface area (Å²) in [4.78, 5) is 12.9. The molecule has 0 atom stereocenters. The van der Waals surface area contributed by atoms with Gasteiger partial charge in [0, 0.05) is 36.7 Å². The van der Waals surface area contributed by atoms with Crippen LogP contribution in [0.15, 0.2) is 65.1 Å². The highest BCUT2D eigenvalue weighted by molar-refractivity contribution is 7.92. The van der Waals surface area contributed by atoms with E-state index < -0.39 is 15.8 Å². The van der Waals surface area contributed by atoms with Crippen molar-refractivity contribution >= 4 is 32.6 Å². The second kappa shape index (κ2) is 8.37. The number of nitrogens with one attached hydrogen (secondary N) is 1. The lowest BCUT2D eigenvalue weighted by molar-refractivity contribution is 0.0964. The van der Waals surface area contributed by atoms with Gasteiger partial charge in [-0.15, -0.1) is 0 Å². The van der Waals surface area contributed by atoms with Crippen molar-refractivity contribution in [1.29, 1.82) is 0 Å². The molecule has 170 valence electrons. The maximum Gasteiger partial charge on any atom is 0.255 e. The SMILES string of the molecule is CNC(=O)c1c(-c2ccc(F)cc2)oc2cc(N(C)S(C)(=O)=O)c(-c3ccccc3C)cc12. The molecule has 0 fully saturated rings. The summed E-state index contributed by atoms with van der Waals surface area (Å²) in [7, 11) is -0.587. The van der Waals surface area contributed by atoms with Crippen molar-refractivity contribution in [1.82, 2.24) is 5.32 Å². The molecular formula is C25H23FN2O4S. The van der Waals surface area contributed by atoms with Gasteiger partial charge in [-0.2, -0.15) is 0 Å². The Morgan fingerprint density at radius 3 is 2.30 bits per heavy atom. The minimum atomic E-state index is -3.58. The smallest absolute Gasteiger partial charge is 0.255 e. The summed E-state index contributed by atoms with van der Waals surface area (Å²) in [6, 6.07) is 16.6. The molecule has 0 saturated heterocycles. The minimum Gasteiger partial charge on any atom is -0.455 e. The number of benzene rings is 3. The molecule has 4 rings (SSSR count). The van der Waals surface area contributed by atoms with Crippen LogP contribution in [0.5, 0.6) is 0 Å². The van der Waals surface area contributed by atoms with E-state index in [1.54, 1.807) is 12.1 Å². The van der Waals surface area contributed by atoms with Crippen LogP contribution in [0.3, 0.4) is 0 Å². The van der Waals surface area contributed by atoms with Gasteiger partial charge in [0.25, 0.3) is 5.91 Å². The zero-order valence-corrected chi connectivity index (χ0v) is 19.5. The summed E-state index contributed by atoms with van der Waals surface area (Å²) >= 11 is 0. The Kier molecular flexibility index (Phi) is 5.71. The standard InChI is InChI=1S/C25H23FN2O4S/c1-15-7-5-6-8-18(15)19-13-20-22(14-21(19)28(3)33(4,30)31)32-24(23(20)25(29)27-2)16-9-11-17(26)12-10-16/h5-14H,1-4H3,(H,27,29). The number of fused-ring (bicyclic) bond motifs is 1. The van der Waals surface area contributed by atoms with E-state index in [1.165, 1.54) is 42.7 Å². The number of amides is 1. The molecule has 0 aliphatic carbocycles. The minimum absolute atomic E-state index is 0.277. The molecule has 33 heavy (non-hydrogen) atoms. The molecule has 0 unspecified atom stereocenters. The van der Waals surface area contributed by atoms with Crippen LogP contribution in [0, 0.1) is 12.7 Å². The van der Waals surface area contributed by atoms with Crippen LogP contribution in [-0.4, -0.2) is 34.7 Å². The van der Waals surface area contributed by atoms with E-state index in [4.69, 9.17) is 4.42 Å². The van der Waals surface area contributed by atoms with E-state index in [2.05, 4.69) is 5.32 Å². The van der Waals surface area contributed by atoms with Gasteiger partial charge in [-0.3, -0.25) is 9.10 Å². The summed E-state index contributed by atoms with van der Waals surface area (Å²) < 4.78 is 45.6. The number of sulfonamides is 1. The van der Waals surface area contributed by atoms with Crippen molar-refractivity contribution in [3.63, 3.8) is 0 Å². The Morgan fingerprint density at radius 2 is 1.70 bits per heavy atom. The highest BCUT2D eigenvalue weighted by Gasteiger charge is 2.26. The lowest BCUT2D eigenvalue weighted by Crippen LogP contribution is -2.25. The third-order valence-corrected chi connectivity index (χ3v) is 6.83. The van der Waals surface area contributed by atoms with Crippen molar-refractivity contribution in [2.45, 2.75) is 6.92 Å². The first kappa shape index (κ1) is 22.5. The molecule has 1 amide bonds. The van der Waals surface area contributed by atoms with Gasteiger partial charge in [0.1, 0.15) is 17.2 Å². The first-order valence-corrected chi connectivity index (χ1v) is 12.0. The van der Waals surface area contributed by atoms with Gasteiger partial charge in [-0.1, -0.05) is 24.3 Å². The molecule has 8 heteroatoms. The van der Waals surface area contributed by atoms with Crippen LogP contribution in [0.2, 0.25) is 0 Å². The highest BCUT2D eigenvalue weighted by Crippen LogP contribution is 2.41. The third kappa shape index (κ3) is 4.09. The van der Waals surface area contributed by atoms with Crippen molar-refractivity contribution in [3.05, 3.63) is 77.6 Å². The van der Waals surface area contributed by atoms with Crippen molar-refractivity contribution in [3.8, 4) is 22.5 Å². The molecule has 0 aliphatic heterocycles. The Morgan fingerprint density at radius 1 is 1.03 bits per heavy atom. The predicted octanol–water partition coefficient (Wildman–Crippen LogP) is 4.97. The molecule has 0 saturated carbocycles. The van der Waals surface area contributed by atoms with Crippen molar-refractivity contribution < 1.29 is 22.0 Å². The molecular weight excluding hydrogens is 443 g/mol. The molecule has 1 heterocycles. The average Bonchev–Trinajstić information content (AvgIpc) is 3.15. The molecule has 0 spiro atoms. The lowest BCUT2D eigenvalue weighted by atomic mass is 9.96. The van der Waals surface area contributed by atoms with E-state index in [0.717, 1.165) is 17.4 Å². The van der Waals surface area contributed by atoms with Gasteiger partial charge in [-0.25, -0.2) is 12.8 Å². The van der Waals surface area contributed by atoms with Crippen LogP contribution in [0.25, 0.3) is 33.4 Å². The number of furan rings is 1. The van der Waals surface area contributed by atoms with Gasteiger partial charge in [0.2, 0.25) is 10.0 Å². The zero-order valence-electron chi connectivity index (χ0n) is 18.6. The van der Waals surface area contributed by atoms with Gasteiger partial charge in [0.05, 0.1) is 17.5 Å². The monoisotopic (exact) mass is 466 g/mol. The van der Waals surface area contributed by atoms with Crippen LogP contribution < -0.4 is 9.62 Å². The first-order chi connectivity index (χ1) is 15.6.